The summed E-state index contributed by atoms with van der Waals surface area (Å²) in [6.07, 6.45) is 0. The Hall–Kier alpha value is -1.65. The number of hydrogen-bond acceptors (Lipinski definition) is 3. The maximum atomic E-state index is 12.4. The van der Waals surface area contributed by atoms with Crippen LogP contribution in [0.5, 0.6) is 5.75 Å². The molecule has 0 atom stereocenters. The van der Waals surface area contributed by atoms with Crippen molar-refractivity contribution in [2.45, 2.75) is 4.90 Å². The highest BCUT2D eigenvalue weighted by atomic mass is 35.5. The van der Waals surface area contributed by atoms with Crippen LogP contribution in [0.15, 0.2) is 53.4 Å². The predicted octanol–water partition coefficient (Wildman–Crippen LogP) is 3.86. The van der Waals surface area contributed by atoms with Crippen LogP contribution in [0.1, 0.15) is 0 Å². The van der Waals surface area contributed by atoms with E-state index < -0.39 is 0 Å². The fourth-order valence-electron chi connectivity index (χ4n) is 2.18. The molecule has 3 nitrogen and oxygen atoms in total. The first-order valence-corrected chi connectivity index (χ1v) is 8.01. The van der Waals surface area contributed by atoms with Crippen molar-refractivity contribution in [2.24, 2.45) is 0 Å². The van der Waals surface area contributed by atoms with Gasteiger partial charge in [0.15, 0.2) is 6.61 Å². The summed E-state index contributed by atoms with van der Waals surface area (Å²) >= 11 is 7.60. The Bertz CT molecular complexity index is 645. The Kier molecular flexibility index (Phi) is 4.36. The van der Waals surface area contributed by atoms with E-state index in [4.69, 9.17) is 16.3 Å². The number of benzene rings is 2. The Morgan fingerprint density at radius 2 is 1.95 bits per heavy atom. The van der Waals surface area contributed by atoms with Gasteiger partial charge in [-0.3, -0.25) is 4.79 Å². The number of anilines is 1. The lowest BCUT2D eigenvalue weighted by Gasteiger charge is -2.28. The molecular weight excluding hydrogens is 306 g/mol. The quantitative estimate of drug-likeness (QED) is 0.860. The third-order valence-electron chi connectivity index (χ3n) is 3.21. The molecule has 0 spiro atoms. The van der Waals surface area contributed by atoms with Crippen molar-refractivity contribution in [1.82, 2.24) is 0 Å². The van der Waals surface area contributed by atoms with Crippen molar-refractivity contribution in [1.29, 1.82) is 0 Å². The predicted molar refractivity (Wildman–Crippen MR) is 86.5 cm³/mol. The first-order valence-electron chi connectivity index (χ1n) is 6.64. The number of amides is 1. The second-order valence-corrected chi connectivity index (χ2v) is 6.18. The maximum absolute atomic E-state index is 12.4. The highest BCUT2D eigenvalue weighted by molar-refractivity contribution is 7.99. The average Bonchev–Trinajstić information content (AvgIpc) is 2.53. The van der Waals surface area contributed by atoms with Gasteiger partial charge in [-0.05, 0) is 36.4 Å². The van der Waals surface area contributed by atoms with Crippen LogP contribution in [-0.4, -0.2) is 24.8 Å². The van der Waals surface area contributed by atoms with Crippen LogP contribution in [-0.2, 0) is 4.79 Å². The molecule has 1 aliphatic heterocycles. The molecule has 0 unspecified atom stereocenters. The molecule has 0 fully saturated rings. The molecule has 108 valence electrons. The van der Waals surface area contributed by atoms with E-state index in [2.05, 4.69) is 0 Å². The first-order chi connectivity index (χ1) is 10.2. The van der Waals surface area contributed by atoms with E-state index in [1.54, 1.807) is 40.9 Å². The molecule has 0 aromatic heterocycles. The summed E-state index contributed by atoms with van der Waals surface area (Å²) in [5.41, 5.74) is 0.971. The number of para-hydroxylation sites is 1. The van der Waals surface area contributed by atoms with Gasteiger partial charge in [0.2, 0.25) is 0 Å². The lowest BCUT2D eigenvalue weighted by Crippen LogP contribution is -2.38. The summed E-state index contributed by atoms with van der Waals surface area (Å²) in [7, 11) is 0. The molecule has 0 aliphatic carbocycles. The number of thioether (sulfide) groups is 1. The van der Waals surface area contributed by atoms with Crippen molar-refractivity contribution in [3.63, 3.8) is 0 Å². The van der Waals surface area contributed by atoms with Gasteiger partial charge < -0.3 is 9.64 Å². The molecule has 1 aliphatic rings. The topological polar surface area (TPSA) is 29.5 Å². The van der Waals surface area contributed by atoms with Crippen LogP contribution in [0.4, 0.5) is 5.69 Å². The van der Waals surface area contributed by atoms with E-state index in [-0.39, 0.29) is 12.5 Å². The summed E-state index contributed by atoms with van der Waals surface area (Å²) in [4.78, 5) is 15.3. The van der Waals surface area contributed by atoms with Crippen molar-refractivity contribution in [3.05, 3.63) is 53.6 Å². The number of ether oxygens (including phenoxy) is 1. The second-order valence-electron chi connectivity index (χ2n) is 4.60. The summed E-state index contributed by atoms with van der Waals surface area (Å²) in [6.45, 7) is 0.741. The molecule has 21 heavy (non-hydrogen) atoms. The zero-order valence-corrected chi connectivity index (χ0v) is 12.9. The zero-order valence-electron chi connectivity index (χ0n) is 11.3. The van der Waals surface area contributed by atoms with Gasteiger partial charge in [0, 0.05) is 22.2 Å². The smallest absolute Gasteiger partial charge is 0.264 e. The van der Waals surface area contributed by atoms with Gasteiger partial charge in [0.25, 0.3) is 5.91 Å². The lowest BCUT2D eigenvalue weighted by atomic mass is 10.2. The van der Waals surface area contributed by atoms with Gasteiger partial charge in [-0.15, -0.1) is 11.8 Å². The summed E-state index contributed by atoms with van der Waals surface area (Å²) in [5.74, 6) is 1.52. The van der Waals surface area contributed by atoms with Crippen LogP contribution < -0.4 is 9.64 Å². The van der Waals surface area contributed by atoms with Crippen LogP contribution in [0.2, 0.25) is 5.02 Å². The van der Waals surface area contributed by atoms with E-state index in [0.29, 0.717) is 17.3 Å². The van der Waals surface area contributed by atoms with E-state index in [0.717, 1.165) is 16.3 Å². The molecule has 0 N–H and O–H groups in total. The minimum Gasteiger partial charge on any atom is -0.484 e. The summed E-state index contributed by atoms with van der Waals surface area (Å²) < 4.78 is 5.53. The highest BCUT2D eigenvalue weighted by Crippen LogP contribution is 2.34. The normalized spacial score (nSPS) is 13.7. The third kappa shape index (κ3) is 3.34. The van der Waals surface area contributed by atoms with E-state index in [1.807, 2.05) is 24.3 Å². The Morgan fingerprint density at radius 3 is 2.76 bits per heavy atom. The molecule has 5 heteroatoms. The fraction of sp³-hybridized carbons (Fsp3) is 0.188. The number of carbonyl (C=O) groups is 1. The van der Waals surface area contributed by atoms with Crippen LogP contribution in [0.3, 0.4) is 0 Å². The molecular formula is C16H14ClNO2S. The van der Waals surface area contributed by atoms with E-state index in [9.17, 15) is 4.79 Å². The van der Waals surface area contributed by atoms with Gasteiger partial charge >= 0.3 is 0 Å². The number of nitrogens with zero attached hydrogens (tertiary/aromatic N) is 1. The Balaban J connectivity index is 1.68. The molecule has 2 aromatic rings. The first kappa shape index (κ1) is 14.3. The molecule has 0 radical (unpaired) electrons. The van der Waals surface area contributed by atoms with E-state index in [1.165, 1.54) is 0 Å². The number of rotatable bonds is 3. The van der Waals surface area contributed by atoms with Crippen LogP contribution >= 0.6 is 23.4 Å². The Morgan fingerprint density at radius 1 is 1.19 bits per heavy atom. The second kappa shape index (κ2) is 6.41. The highest BCUT2D eigenvalue weighted by Gasteiger charge is 2.22. The zero-order chi connectivity index (χ0) is 14.7. The van der Waals surface area contributed by atoms with Crippen LogP contribution in [0, 0.1) is 0 Å². The molecule has 0 saturated heterocycles. The number of carbonyl (C=O) groups excluding carboxylic acids is 1. The monoisotopic (exact) mass is 319 g/mol. The minimum absolute atomic E-state index is 0.0284. The maximum Gasteiger partial charge on any atom is 0.264 e. The molecule has 3 rings (SSSR count). The molecule has 1 heterocycles. The SMILES string of the molecule is O=C(COc1ccc(Cl)cc1)N1CCSc2ccccc21. The van der Waals surface area contributed by atoms with Crippen molar-refractivity contribution >= 4 is 35.0 Å². The van der Waals surface area contributed by atoms with Crippen molar-refractivity contribution in [3.8, 4) is 5.75 Å². The van der Waals surface area contributed by atoms with Crippen LogP contribution in [0.25, 0.3) is 0 Å². The van der Waals surface area contributed by atoms with E-state index >= 15 is 0 Å². The van der Waals surface area contributed by atoms with Gasteiger partial charge in [-0.2, -0.15) is 0 Å². The standard InChI is InChI=1S/C16H14ClNO2S/c17-12-5-7-13(8-6-12)20-11-16(19)18-9-10-21-15-4-2-1-3-14(15)18/h1-8H,9-11H2. The third-order valence-corrected chi connectivity index (χ3v) is 4.50. The number of hydrogen-bond donors (Lipinski definition) is 0. The van der Waals surface area contributed by atoms with Crippen molar-refractivity contribution in [2.75, 3.05) is 23.8 Å². The Labute approximate surface area is 132 Å². The molecule has 0 saturated carbocycles. The fourth-order valence-corrected chi connectivity index (χ4v) is 3.30. The largest absolute Gasteiger partial charge is 0.484 e. The number of fused-ring (bicyclic) bond motifs is 1. The molecule has 0 bridgehead atoms. The van der Waals surface area contributed by atoms with Crippen molar-refractivity contribution < 1.29 is 9.53 Å². The van der Waals surface area contributed by atoms with Gasteiger partial charge in [-0.1, -0.05) is 23.7 Å². The lowest BCUT2D eigenvalue weighted by molar-refractivity contribution is -0.120. The minimum atomic E-state index is -0.0299. The summed E-state index contributed by atoms with van der Waals surface area (Å²) in [6, 6.07) is 15.0. The number of halogens is 1. The van der Waals surface area contributed by atoms with Gasteiger partial charge in [0.05, 0.1) is 5.69 Å². The van der Waals surface area contributed by atoms with Gasteiger partial charge in [0.1, 0.15) is 5.75 Å². The average molecular weight is 320 g/mol. The van der Waals surface area contributed by atoms with Gasteiger partial charge in [-0.25, -0.2) is 0 Å². The summed E-state index contributed by atoms with van der Waals surface area (Å²) in [5, 5.41) is 0.649. The molecule has 1 amide bonds. The molecule has 2 aromatic carbocycles.